The van der Waals surface area contributed by atoms with Crippen LogP contribution >= 0.6 is 6.83 Å². The first-order valence-corrected chi connectivity index (χ1v) is 15.2. The van der Waals surface area contributed by atoms with Gasteiger partial charge in [0, 0.05) is 0 Å². The molecule has 0 bridgehead atoms. The molecule has 0 aliphatic heterocycles. The van der Waals surface area contributed by atoms with Crippen LogP contribution in [-0.2, 0) is 14.1 Å². The van der Waals surface area contributed by atoms with E-state index in [0.717, 1.165) is 0 Å². The first-order chi connectivity index (χ1) is 14.7. The van der Waals surface area contributed by atoms with Crippen LogP contribution in [0.2, 0.25) is 0 Å². The molecular formula is C20H36F9O3PS. The zero-order chi connectivity index (χ0) is 27.8. The SMILES string of the molecule is CC(C)CP(CC(C)C)(CC(C)C)(CC(C)C)OS(=O)(=O)C(F)(F)C(F)(F)C(F)(F)C(F)(F)F. The molecule has 3 nitrogen and oxygen atoms in total. The van der Waals surface area contributed by atoms with Gasteiger partial charge in [-0.25, -0.2) is 0 Å². The quantitative estimate of drug-likeness (QED) is 0.171. The van der Waals surface area contributed by atoms with E-state index in [2.05, 4.69) is 0 Å². The van der Waals surface area contributed by atoms with Crippen molar-refractivity contribution in [2.45, 2.75) is 78.7 Å². The molecule has 0 aliphatic carbocycles. The molecule has 0 aromatic rings. The van der Waals surface area contributed by atoms with Gasteiger partial charge < -0.3 is 0 Å². The van der Waals surface area contributed by atoms with Crippen molar-refractivity contribution in [3.05, 3.63) is 0 Å². The summed E-state index contributed by atoms with van der Waals surface area (Å²) in [6.07, 6.45) is -7.59. The topological polar surface area (TPSA) is 43.4 Å². The molecule has 0 radical (unpaired) electrons. The van der Waals surface area contributed by atoms with Crippen LogP contribution in [-0.4, -0.2) is 56.3 Å². The molecule has 0 aromatic carbocycles. The Morgan fingerprint density at radius 1 is 0.588 bits per heavy atom. The second-order valence-corrected chi connectivity index (χ2v) is 18.0. The summed E-state index contributed by atoms with van der Waals surface area (Å²) in [6.45, 7) is 8.56. The molecule has 0 aliphatic rings. The van der Waals surface area contributed by atoms with E-state index < -0.39 is 40.2 Å². The van der Waals surface area contributed by atoms with E-state index in [0.29, 0.717) is 0 Å². The Hall–Kier alpha value is -0.290. The first-order valence-electron chi connectivity index (χ1n) is 10.9. The second kappa shape index (κ2) is 10.2. The summed E-state index contributed by atoms with van der Waals surface area (Å²) >= 11 is 0. The summed E-state index contributed by atoms with van der Waals surface area (Å²) in [4.78, 5) is 0. The molecule has 0 amide bonds. The standard InChI is InChI=1S/C20H36F9O3PS/c1-13(2)9-33(10-14(3)4,11-15(5)6,12-16(7)8)32-34(30,31)20(28,29)18(23,24)17(21,22)19(25,26)27/h13-16H,9-12H2,1-8H3. The van der Waals surface area contributed by atoms with Gasteiger partial charge in [0.1, 0.15) is 0 Å². The van der Waals surface area contributed by atoms with E-state index in [1.807, 2.05) is 0 Å². The fourth-order valence-electron chi connectivity index (χ4n) is 5.11. The third kappa shape index (κ3) is 6.72. The Morgan fingerprint density at radius 3 is 1.06 bits per heavy atom. The van der Waals surface area contributed by atoms with Crippen LogP contribution in [0.5, 0.6) is 0 Å². The zero-order valence-electron chi connectivity index (χ0n) is 20.6. The molecule has 208 valence electrons. The normalized spacial score (nSPS) is 16.6. The van der Waals surface area contributed by atoms with Crippen molar-refractivity contribution in [3.63, 3.8) is 0 Å². The predicted molar refractivity (Wildman–Crippen MR) is 117 cm³/mol. The first kappa shape index (κ1) is 33.7. The van der Waals surface area contributed by atoms with E-state index in [1.165, 1.54) is 0 Å². The van der Waals surface area contributed by atoms with Gasteiger partial charge in [0.25, 0.3) is 0 Å². The molecular weight excluding hydrogens is 522 g/mol. The Bertz CT molecular complexity index is 740. The van der Waals surface area contributed by atoms with Crippen LogP contribution in [0.4, 0.5) is 39.5 Å². The van der Waals surface area contributed by atoms with Gasteiger partial charge in [-0.15, -0.1) is 0 Å². The minimum atomic E-state index is -7.33. The molecule has 0 saturated heterocycles. The maximum atomic E-state index is 14.6. The zero-order valence-corrected chi connectivity index (χ0v) is 22.3. The third-order valence-electron chi connectivity index (χ3n) is 5.05. The van der Waals surface area contributed by atoms with Gasteiger partial charge in [-0.05, 0) is 0 Å². The fraction of sp³-hybridized carbons (Fsp3) is 1.00. The summed E-state index contributed by atoms with van der Waals surface area (Å²) in [5, 5.41) is -6.86. The molecule has 0 aromatic heterocycles. The molecule has 0 unspecified atom stereocenters. The van der Waals surface area contributed by atoms with Crippen LogP contribution in [0, 0.1) is 23.7 Å². The summed E-state index contributed by atoms with van der Waals surface area (Å²) in [5.74, 6) is -16.2. The van der Waals surface area contributed by atoms with E-state index in [4.69, 9.17) is 3.97 Å². The van der Waals surface area contributed by atoms with Crippen LogP contribution in [0.25, 0.3) is 0 Å². The number of hydrogen-bond acceptors (Lipinski definition) is 3. The molecule has 0 heterocycles. The van der Waals surface area contributed by atoms with E-state index in [-0.39, 0.29) is 48.3 Å². The van der Waals surface area contributed by atoms with Gasteiger partial charge in [-0.2, -0.15) is 0 Å². The Balaban J connectivity index is 7.23. The monoisotopic (exact) mass is 558 g/mol. The van der Waals surface area contributed by atoms with Crippen molar-refractivity contribution in [3.8, 4) is 0 Å². The van der Waals surface area contributed by atoms with Crippen molar-refractivity contribution in [1.82, 2.24) is 0 Å². The Kier molecular flexibility index (Phi) is 10.1. The van der Waals surface area contributed by atoms with Crippen molar-refractivity contribution in [2.75, 3.05) is 24.6 Å². The minimum absolute atomic E-state index is 0.114. The number of halogens is 9. The van der Waals surface area contributed by atoms with Crippen LogP contribution in [0.15, 0.2) is 0 Å². The van der Waals surface area contributed by atoms with Crippen LogP contribution in [0.1, 0.15) is 55.4 Å². The predicted octanol–water partition coefficient (Wildman–Crippen LogP) is 7.85. The average Bonchev–Trinajstić information content (AvgIpc) is 2.48. The van der Waals surface area contributed by atoms with Crippen molar-refractivity contribution in [2.24, 2.45) is 23.7 Å². The summed E-state index contributed by atoms with van der Waals surface area (Å²) in [5.41, 5.74) is 0. The van der Waals surface area contributed by atoms with E-state index >= 15 is 0 Å². The number of rotatable bonds is 13. The van der Waals surface area contributed by atoms with Gasteiger partial charge in [0.15, 0.2) is 0 Å². The molecule has 0 saturated carbocycles. The second-order valence-electron chi connectivity index (χ2n) is 10.9. The molecule has 0 fully saturated rings. The maximum absolute atomic E-state index is 14.6. The molecule has 0 atom stereocenters. The molecule has 0 rings (SSSR count). The van der Waals surface area contributed by atoms with Crippen molar-refractivity contribution in [1.29, 1.82) is 0 Å². The van der Waals surface area contributed by atoms with Crippen molar-refractivity contribution >= 4 is 16.9 Å². The third-order valence-corrected chi connectivity index (χ3v) is 15.0. The van der Waals surface area contributed by atoms with Crippen LogP contribution < -0.4 is 0 Å². The van der Waals surface area contributed by atoms with Crippen LogP contribution in [0.3, 0.4) is 0 Å². The summed E-state index contributed by atoms with van der Waals surface area (Å²) < 4.78 is 152. The van der Waals surface area contributed by atoms with E-state index in [1.54, 1.807) is 55.4 Å². The number of alkyl halides is 9. The van der Waals surface area contributed by atoms with E-state index in [9.17, 15) is 47.9 Å². The van der Waals surface area contributed by atoms with Gasteiger partial charge >= 0.3 is 196 Å². The summed E-state index contributed by atoms with van der Waals surface area (Å²) in [6, 6.07) is 0. The average molecular weight is 559 g/mol. The van der Waals surface area contributed by atoms with Gasteiger partial charge in [0.2, 0.25) is 0 Å². The molecule has 0 N–H and O–H groups in total. The Morgan fingerprint density at radius 2 is 0.853 bits per heavy atom. The molecule has 0 spiro atoms. The molecule has 14 heteroatoms. The van der Waals surface area contributed by atoms with Gasteiger partial charge in [0.05, 0.1) is 0 Å². The van der Waals surface area contributed by atoms with Gasteiger partial charge in [-0.3, -0.25) is 0 Å². The summed E-state index contributed by atoms with van der Waals surface area (Å²) in [7, 11) is -6.96. The Labute approximate surface area is 196 Å². The van der Waals surface area contributed by atoms with Crippen molar-refractivity contribution < 1.29 is 51.9 Å². The fourth-order valence-corrected chi connectivity index (χ4v) is 17.4. The molecule has 34 heavy (non-hydrogen) atoms. The van der Waals surface area contributed by atoms with Gasteiger partial charge in [-0.1, -0.05) is 0 Å². The number of hydrogen-bond donors (Lipinski definition) is 0.